The fourth-order valence-corrected chi connectivity index (χ4v) is 3.60. The van der Waals surface area contributed by atoms with Crippen molar-refractivity contribution >= 4 is 29.8 Å². The van der Waals surface area contributed by atoms with E-state index in [0.717, 1.165) is 0 Å². The number of carbonyl (C=O) groups excluding carboxylic acids is 3. The van der Waals surface area contributed by atoms with E-state index in [1.165, 1.54) is 36.5 Å². The van der Waals surface area contributed by atoms with Crippen molar-refractivity contribution in [2.75, 3.05) is 11.9 Å². The van der Waals surface area contributed by atoms with Gasteiger partial charge in [0, 0.05) is 23.9 Å². The zero-order valence-electron chi connectivity index (χ0n) is 23.5. The predicted molar refractivity (Wildman–Crippen MR) is 143 cm³/mol. The van der Waals surface area contributed by atoms with Crippen molar-refractivity contribution in [2.24, 2.45) is 4.99 Å². The fraction of sp³-hybridized carbons (Fsp3) is 0.429. The maximum absolute atomic E-state index is 15.2. The fourth-order valence-electron chi connectivity index (χ4n) is 3.60. The molecule has 0 fully saturated rings. The highest BCUT2D eigenvalue weighted by Crippen LogP contribution is 2.36. The molecular weight excluding hydrogens is 521 g/mol. The van der Waals surface area contributed by atoms with Crippen LogP contribution in [0.5, 0.6) is 0 Å². The third-order valence-electron chi connectivity index (χ3n) is 5.44. The number of amidine groups is 1. The molecule has 0 spiro atoms. The number of carbonyl (C=O) groups is 3. The van der Waals surface area contributed by atoms with E-state index in [4.69, 9.17) is 19.5 Å². The number of nitriles is 1. The first-order chi connectivity index (χ1) is 18.5. The van der Waals surface area contributed by atoms with Crippen LogP contribution in [0, 0.1) is 17.1 Å². The van der Waals surface area contributed by atoms with Crippen molar-refractivity contribution in [1.82, 2.24) is 9.88 Å². The summed E-state index contributed by atoms with van der Waals surface area (Å²) >= 11 is 0. The summed E-state index contributed by atoms with van der Waals surface area (Å²) in [6.45, 7) is 11.4. The number of hydrogen-bond donors (Lipinski definition) is 1. The lowest BCUT2D eigenvalue weighted by atomic mass is 9.88. The lowest BCUT2D eigenvalue weighted by Gasteiger charge is -2.35. The van der Waals surface area contributed by atoms with Gasteiger partial charge >= 0.3 is 18.2 Å². The van der Waals surface area contributed by atoms with Gasteiger partial charge in [0.25, 0.3) is 5.91 Å². The normalized spacial score (nSPS) is 17.0. The predicted octanol–water partition coefficient (Wildman–Crippen LogP) is 5.51. The maximum Gasteiger partial charge on any atom is 0.428 e. The third kappa shape index (κ3) is 7.53. The van der Waals surface area contributed by atoms with Crippen molar-refractivity contribution in [1.29, 1.82) is 5.26 Å². The van der Waals surface area contributed by atoms with Crippen LogP contribution >= 0.6 is 0 Å². The van der Waals surface area contributed by atoms with Crippen molar-refractivity contribution < 1.29 is 33.0 Å². The molecular formula is C28H32FN5O6. The summed E-state index contributed by atoms with van der Waals surface area (Å²) < 4.78 is 31.5. The average Bonchev–Trinajstić information content (AvgIpc) is 2.83. The molecule has 3 amide bonds. The van der Waals surface area contributed by atoms with Gasteiger partial charge in [0.2, 0.25) is 0 Å². The molecule has 2 heterocycles. The summed E-state index contributed by atoms with van der Waals surface area (Å²) in [6.07, 6.45) is -0.675. The minimum absolute atomic E-state index is 0.0113. The van der Waals surface area contributed by atoms with Gasteiger partial charge < -0.3 is 19.5 Å². The largest absolute Gasteiger partial charge is 0.464 e. The van der Waals surface area contributed by atoms with E-state index in [1.807, 2.05) is 6.07 Å². The number of anilines is 1. The van der Waals surface area contributed by atoms with Crippen LogP contribution in [0.4, 0.5) is 19.7 Å². The van der Waals surface area contributed by atoms with E-state index in [-0.39, 0.29) is 30.0 Å². The Hall–Kier alpha value is -4.53. The van der Waals surface area contributed by atoms with Crippen LogP contribution in [-0.4, -0.2) is 51.8 Å². The Morgan fingerprint density at radius 1 is 1.07 bits per heavy atom. The van der Waals surface area contributed by atoms with Crippen molar-refractivity contribution in [3.63, 3.8) is 0 Å². The Bertz CT molecular complexity index is 1340. The zero-order chi connectivity index (χ0) is 29.9. The van der Waals surface area contributed by atoms with E-state index >= 15 is 4.39 Å². The van der Waals surface area contributed by atoms with Crippen LogP contribution < -0.4 is 5.32 Å². The Kier molecular flexibility index (Phi) is 8.48. The number of hydrogen-bond acceptors (Lipinski definition) is 9. The van der Waals surface area contributed by atoms with Gasteiger partial charge in [-0.1, -0.05) is 0 Å². The molecule has 1 atom stereocenters. The quantitative estimate of drug-likeness (QED) is 0.524. The summed E-state index contributed by atoms with van der Waals surface area (Å²) in [4.78, 5) is 47.8. The molecule has 40 heavy (non-hydrogen) atoms. The van der Waals surface area contributed by atoms with E-state index in [1.54, 1.807) is 48.5 Å². The lowest BCUT2D eigenvalue weighted by molar-refractivity contribution is 0.00843. The molecule has 0 radical (unpaired) electrons. The first-order valence-corrected chi connectivity index (χ1v) is 12.5. The van der Waals surface area contributed by atoms with Gasteiger partial charge in [0.05, 0.1) is 17.7 Å². The maximum atomic E-state index is 15.2. The van der Waals surface area contributed by atoms with Gasteiger partial charge in [-0.15, -0.1) is 4.90 Å². The highest BCUT2D eigenvalue weighted by molar-refractivity contribution is 6.06. The number of imide groups is 1. The van der Waals surface area contributed by atoms with Gasteiger partial charge in [-0.05, 0) is 78.8 Å². The second-order valence-corrected chi connectivity index (χ2v) is 11.3. The summed E-state index contributed by atoms with van der Waals surface area (Å²) in [5.74, 6) is -1.19. The number of ether oxygens (including phenoxy) is 3. The molecule has 1 aromatic heterocycles. The topological polar surface area (TPSA) is 143 Å². The Morgan fingerprint density at radius 2 is 1.70 bits per heavy atom. The van der Waals surface area contributed by atoms with Crippen LogP contribution in [0.15, 0.2) is 41.5 Å². The summed E-state index contributed by atoms with van der Waals surface area (Å²) in [5.41, 5.74) is -2.48. The van der Waals surface area contributed by atoms with Crippen LogP contribution in [-0.2, 0) is 19.7 Å². The molecule has 3 rings (SSSR count). The standard InChI is InChI=1S/C28H32FN5O6/c1-26(2,3)39-24(36)34(25(37)40-27(4,5)6)23-33-28(7,12-13-38-23)19-14-18(9-10-20(19)29)32-22(35)21-11-8-17(15-30)16-31-21/h8-11,14,16H,12-13H2,1-7H3,(H,32,35)/t28-/m0/s1. The van der Waals surface area contributed by atoms with Crippen LogP contribution in [0.3, 0.4) is 0 Å². The molecule has 1 aliphatic heterocycles. The highest BCUT2D eigenvalue weighted by Gasteiger charge is 2.41. The molecule has 0 aliphatic carbocycles. The van der Waals surface area contributed by atoms with Gasteiger partial charge in [-0.25, -0.2) is 24.0 Å². The van der Waals surface area contributed by atoms with E-state index in [2.05, 4.69) is 15.3 Å². The monoisotopic (exact) mass is 553 g/mol. The van der Waals surface area contributed by atoms with E-state index < -0.39 is 46.7 Å². The molecule has 11 nitrogen and oxygen atoms in total. The third-order valence-corrected chi connectivity index (χ3v) is 5.44. The van der Waals surface area contributed by atoms with Crippen molar-refractivity contribution in [2.45, 2.75) is 71.6 Å². The second kappa shape index (κ2) is 11.3. The minimum Gasteiger partial charge on any atom is -0.464 e. The first kappa shape index (κ1) is 30.0. The molecule has 0 unspecified atom stereocenters. The van der Waals surface area contributed by atoms with Crippen molar-refractivity contribution in [3.8, 4) is 6.07 Å². The van der Waals surface area contributed by atoms with E-state index in [0.29, 0.717) is 10.5 Å². The number of amides is 3. The number of nitrogens with one attached hydrogen (secondary N) is 1. The second-order valence-electron chi connectivity index (χ2n) is 11.3. The van der Waals surface area contributed by atoms with Crippen LogP contribution in [0.25, 0.3) is 0 Å². The lowest BCUT2D eigenvalue weighted by Crippen LogP contribution is -2.50. The van der Waals surface area contributed by atoms with Gasteiger partial charge in [0.15, 0.2) is 0 Å². The smallest absolute Gasteiger partial charge is 0.428 e. The number of pyridine rings is 1. The summed E-state index contributed by atoms with van der Waals surface area (Å²) in [7, 11) is 0. The van der Waals surface area contributed by atoms with Crippen molar-refractivity contribution in [3.05, 3.63) is 59.2 Å². The highest BCUT2D eigenvalue weighted by atomic mass is 19.1. The summed E-state index contributed by atoms with van der Waals surface area (Å²) in [5, 5.41) is 11.6. The van der Waals surface area contributed by atoms with Gasteiger partial charge in [0.1, 0.15) is 28.8 Å². The average molecular weight is 554 g/mol. The summed E-state index contributed by atoms with van der Waals surface area (Å²) in [6, 6.07) is 8.33. The molecule has 0 saturated heterocycles. The molecule has 1 aromatic carbocycles. The molecule has 2 aromatic rings. The molecule has 0 saturated carbocycles. The van der Waals surface area contributed by atoms with Gasteiger partial charge in [-0.3, -0.25) is 4.79 Å². The number of benzene rings is 1. The Balaban J connectivity index is 1.97. The number of rotatable bonds is 3. The molecule has 12 heteroatoms. The number of nitrogens with zero attached hydrogens (tertiary/aromatic N) is 4. The minimum atomic E-state index is -1.30. The molecule has 212 valence electrons. The number of halogens is 1. The first-order valence-electron chi connectivity index (χ1n) is 12.5. The van der Waals surface area contributed by atoms with Crippen LogP contribution in [0.1, 0.15) is 76.5 Å². The molecule has 1 N–H and O–H groups in total. The van der Waals surface area contributed by atoms with Gasteiger partial charge in [-0.2, -0.15) is 5.26 Å². The Labute approximate surface area is 231 Å². The number of aliphatic imine (C=N–C) groups is 1. The molecule has 0 bridgehead atoms. The SMILES string of the molecule is CC(C)(C)OC(=O)N(C(=O)OC(C)(C)C)C1=N[C@](C)(c2cc(NC(=O)c3ccc(C#N)cn3)ccc2F)CCO1. The zero-order valence-corrected chi connectivity index (χ0v) is 23.5. The van der Waals surface area contributed by atoms with Crippen LogP contribution in [0.2, 0.25) is 0 Å². The Morgan fingerprint density at radius 3 is 2.23 bits per heavy atom. The molecule has 1 aliphatic rings. The number of aromatic nitrogens is 1. The van der Waals surface area contributed by atoms with E-state index in [9.17, 15) is 14.4 Å².